The number of hydrogen-bond acceptors (Lipinski definition) is 5. The van der Waals surface area contributed by atoms with Crippen LogP contribution in [-0.4, -0.2) is 38.3 Å². The molecule has 0 bridgehead atoms. The molecule has 0 spiro atoms. The van der Waals surface area contributed by atoms with Crippen LogP contribution in [0.4, 0.5) is 0 Å². The van der Waals surface area contributed by atoms with E-state index in [9.17, 15) is 0 Å². The number of aromatic nitrogens is 1. The van der Waals surface area contributed by atoms with E-state index in [1.807, 2.05) is 25.1 Å². The van der Waals surface area contributed by atoms with Crippen LogP contribution < -0.4 is 20.1 Å². The maximum atomic E-state index is 5.62. The minimum absolute atomic E-state index is 0.603. The fourth-order valence-electron chi connectivity index (χ4n) is 2.44. The van der Waals surface area contributed by atoms with Gasteiger partial charge in [0.05, 0.1) is 24.4 Å². The summed E-state index contributed by atoms with van der Waals surface area (Å²) in [6.45, 7) is 8.16. The number of benzene rings is 1. The molecule has 0 saturated heterocycles. The zero-order valence-electron chi connectivity index (χ0n) is 16.2. The Bertz CT molecular complexity index is 724. The summed E-state index contributed by atoms with van der Waals surface area (Å²) in [6, 6.07) is 5.93. The minimum Gasteiger partial charge on any atom is -0.493 e. The first-order valence-electron chi connectivity index (χ1n) is 8.74. The number of thiazole rings is 1. The summed E-state index contributed by atoms with van der Waals surface area (Å²) in [4.78, 5) is 10.1. The maximum Gasteiger partial charge on any atom is 0.191 e. The monoisotopic (exact) mass is 376 g/mol. The van der Waals surface area contributed by atoms with Crippen LogP contribution in [0.3, 0.4) is 0 Å². The standard InChI is InChI=1S/C19H28N4O2S/c1-6-25-17-11-15(7-8-16(17)24-5)12-22-19(20-4)21-10-9-18-23-13(2)14(3)26-18/h7-8,11H,6,9-10,12H2,1-5H3,(H2,20,21,22). The topological polar surface area (TPSA) is 67.8 Å². The summed E-state index contributed by atoms with van der Waals surface area (Å²) >= 11 is 1.76. The van der Waals surface area contributed by atoms with Crippen molar-refractivity contribution in [2.24, 2.45) is 4.99 Å². The first kappa shape index (κ1) is 20.0. The number of guanidine groups is 1. The minimum atomic E-state index is 0.603. The highest BCUT2D eigenvalue weighted by Crippen LogP contribution is 2.27. The largest absolute Gasteiger partial charge is 0.493 e. The molecule has 1 heterocycles. The van der Waals surface area contributed by atoms with Crippen molar-refractivity contribution in [1.29, 1.82) is 0 Å². The van der Waals surface area contributed by atoms with E-state index in [4.69, 9.17) is 9.47 Å². The van der Waals surface area contributed by atoms with Crippen molar-refractivity contribution in [3.05, 3.63) is 39.3 Å². The van der Waals surface area contributed by atoms with Crippen LogP contribution in [0.15, 0.2) is 23.2 Å². The molecule has 0 atom stereocenters. The average Bonchev–Trinajstić information content (AvgIpc) is 2.96. The van der Waals surface area contributed by atoms with Crippen LogP contribution in [0.25, 0.3) is 0 Å². The quantitative estimate of drug-likeness (QED) is 0.547. The Labute approximate surface area is 159 Å². The van der Waals surface area contributed by atoms with Crippen LogP contribution in [0, 0.1) is 13.8 Å². The molecule has 0 saturated carbocycles. The van der Waals surface area contributed by atoms with Gasteiger partial charge in [0.15, 0.2) is 17.5 Å². The third-order valence-electron chi connectivity index (χ3n) is 3.92. The molecule has 1 aromatic carbocycles. The van der Waals surface area contributed by atoms with E-state index in [1.54, 1.807) is 25.5 Å². The van der Waals surface area contributed by atoms with Gasteiger partial charge in [-0.05, 0) is 38.5 Å². The number of hydrogen-bond donors (Lipinski definition) is 2. The Balaban J connectivity index is 1.85. The molecule has 0 fully saturated rings. The lowest BCUT2D eigenvalue weighted by molar-refractivity contribution is 0.310. The fraction of sp³-hybridized carbons (Fsp3) is 0.474. The lowest BCUT2D eigenvalue weighted by Crippen LogP contribution is -2.37. The first-order valence-corrected chi connectivity index (χ1v) is 9.56. The number of aliphatic imine (C=N–C) groups is 1. The molecule has 7 heteroatoms. The normalized spacial score (nSPS) is 11.3. The fourth-order valence-corrected chi connectivity index (χ4v) is 3.37. The highest BCUT2D eigenvalue weighted by Gasteiger charge is 2.07. The van der Waals surface area contributed by atoms with Gasteiger partial charge in [-0.1, -0.05) is 6.07 Å². The molecule has 1 aromatic heterocycles. The van der Waals surface area contributed by atoms with Crippen LogP contribution in [0.2, 0.25) is 0 Å². The van der Waals surface area contributed by atoms with Gasteiger partial charge in [-0.15, -0.1) is 11.3 Å². The average molecular weight is 377 g/mol. The van der Waals surface area contributed by atoms with Crippen LogP contribution in [0.5, 0.6) is 11.5 Å². The Morgan fingerprint density at radius 2 is 2.04 bits per heavy atom. The highest BCUT2D eigenvalue weighted by atomic mass is 32.1. The third kappa shape index (κ3) is 5.62. The van der Waals surface area contributed by atoms with Crippen LogP contribution >= 0.6 is 11.3 Å². The number of nitrogens with one attached hydrogen (secondary N) is 2. The summed E-state index contributed by atoms with van der Waals surface area (Å²) in [5.74, 6) is 2.27. The van der Waals surface area contributed by atoms with Crippen molar-refractivity contribution in [2.45, 2.75) is 33.7 Å². The van der Waals surface area contributed by atoms with Crippen LogP contribution in [0.1, 0.15) is 28.1 Å². The van der Waals surface area contributed by atoms with Gasteiger partial charge in [0.2, 0.25) is 0 Å². The predicted molar refractivity (Wildman–Crippen MR) is 108 cm³/mol. The second-order valence-electron chi connectivity index (χ2n) is 5.77. The Kier molecular flexibility index (Phi) is 7.72. The summed E-state index contributed by atoms with van der Waals surface area (Å²) in [7, 11) is 3.42. The van der Waals surface area contributed by atoms with E-state index in [0.29, 0.717) is 13.2 Å². The number of nitrogens with zero attached hydrogens (tertiary/aromatic N) is 2. The molecule has 0 aliphatic rings. The van der Waals surface area contributed by atoms with Gasteiger partial charge >= 0.3 is 0 Å². The molecule has 2 aromatic rings. The van der Waals surface area contributed by atoms with Crippen molar-refractivity contribution >= 4 is 17.3 Å². The summed E-state index contributed by atoms with van der Waals surface area (Å²) < 4.78 is 10.9. The SMILES string of the molecule is CCOc1cc(CNC(=NC)NCCc2nc(C)c(C)s2)ccc1OC. The molecule has 6 nitrogen and oxygen atoms in total. The van der Waals surface area contributed by atoms with E-state index in [1.165, 1.54) is 4.88 Å². The third-order valence-corrected chi connectivity index (χ3v) is 5.05. The van der Waals surface area contributed by atoms with E-state index in [-0.39, 0.29) is 0 Å². The van der Waals surface area contributed by atoms with Crippen molar-refractivity contribution in [2.75, 3.05) is 27.3 Å². The van der Waals surface area contributed by atoms with Crippen LogP contribution in [-0.2, 0) is 13.0 Å². The summed E-state index contributed by atoms with van der Waals surface area (Å²) in [5, 5.41) is 7.80. The lowest BCUT2D eigenvalue weighted by Gasteiger charge is -2.14. The molecular weight excluding hydrogens is 348 g/mol. The zero-order valence-corrected chi connectivity index (χ0v) is 17.0. The molecule has 0 aliphatic carbocycles. The highest BCUT2D eigenvalue weighted by molar-refractivity contribution is 7.11. The molecule has 0 amide bonds. The second-order valence-corrected chi connectivity index (χ2v) is 7.06. The molecule has 0 radical (unpaired) electrons. The molecule has 0 aliphatic heterocycles. The summed E-state index contributed by atoms with van der Waals surface area (Å²) in [6.07, 6.45) is 0.886. The van der Waals surface area contributed by atoms with Gasteiger partial charge in [-0.2, -0.15) is 0 Å². The molecule has 26 heavy (non-hydrogen) atoms. The lowest BCUT2D eigenvalue weighted by atomic mass is 10.2. The number of aryl methyl sites for hydroxylation is 2. The van der Waals surface area contributed by atoms with Gasteiger partial charge in [-0.25, -0.2) is 4.98 Å². The number of methoxy groups -OCH3 is 1. The molecule has 142 valence electrons. The molecule has 2 N–H and O–H groups in total. The van der Waals surface area contributed by atoms with Crippen molar-refractivity contribution in [1.82, 2.24) is 15.6 Å². The van der Waals surface area contributed by atoms with Gasteiger partial charge in [0.1, 0.15) is 0 Å². The first-order chi connectivity index (χ1) is 12.6. The van der Waals surface area contributed by atoms with Crippen molar-refractivity contribution in [3.63, 3.8) is 0 Å². The maximum absolute atomic E-state index is 5.62. The van der Waals surface area contributed by atoms with E-state index in [0.717, 1.165) is 46.7 Å². The molecular formula is C19H28N4O2S. The smallest absolute Gasteiger partial charge is 0.191 e. The zero-order chi connectivity index (χ0) is 18.9. The van der Waals surface area contributed by atoms with Crippen molar-refractivity contribution in [3.8, 4) is 11.5 Å². The van der Waals surface area contributed by atoms with E-state index >= 15 is 0 Å². The Morgan fingerprint density at radius 3 is 2.65 bits per heavy atom. The van der Waals surface area contributed by atoms with Gasteiger partial charge in [0.25, 0.3) is 0 Å². The van der Waals surface area contributed by atoms with Crippen molar-refractivity contribution < 1.29 is 9.47 Å². The number of ether oxygens (including phenoxy) is 2. The van der Waals surface area contributed by atoms with E-state index in [2.05, 4.69) is 34.5 Å². The van der Waals surface area contributed by atoms with Gasteiger partial charge in [0, 0.05) is 31.4 Å². The van der Waals surface area contributed by atoms with E-state index < -0.39 is 0 Å². The predicted octanol–water partition coefficient (Wildman–Crippen LogP) is 3.07. The molecule has 2 rings (SSSR count). The van der Waals surface area contributed by atoms with Gasteiger partial charge < -0.3 is 20.1 Å². The Morgan fingerprint density at radius 1 is 1.23 bits per heavy atom. The summed E-state index contributed by atoms with van der Waals surface area (Å²) in [5.41, 5.74) is 2.22. The molecule has 0 unspecified atom stereocenters. The Hall–Kier alpha value is -2.28. The second kappa shape index (κ2) is 10.0. The van der Waals surface area contributed by atoms with Gasteiger partial charge in [-0.3, -0.25) is 4.99 Å². The number of rotatable bonds is 8.